The predicted octanol–water partition coefficient (Wildman–Crippen LogP) is 2.22. The summed E-state index contributed by atoms with van der Waals surface area (Å²) in [5.74, 6) is 0.651. The lowest BCUT2D eigenvalue weighted by atomic mass is 10.2. The molecule has 0 aliphatic heterocycles. The van der Waals surface area contributed by atoms with E-state index in [-0.39, 0.29) is 0 Å². The monoisotopic (exact) mass is 281 g/mol. The molecule has 0 atom stereocenters. The molecule has 0 amide bonds. The fraction of sp³-hybridized carbons (Fsp3) is 0.455. The fourth-order valence-corrected chi connectivity index (χ4v) is 2.56. The lowest BCUT2D eigenvalue weighted by Gasteiger charge is -2.06. The van der Waals surface area contributed by atoms with Crippen molar-refractivity contribution >= 4 is 23.1 Å². The minimum absolute atomic E-state index is 0.651. The van der Waals surface area contributed by atoms with Crippen LogP contribution in [0, 0.1) is 5.92 Å². The Labute approximate surface area is 114 Å². The molecule has 0 saturated carbocycles. The van der Waals surface area contributed by atoms with Gasteiger partial charge in [-0.1, -0.05) is 25.2 Å². The summed E-state index contributed by atoms with van der Waals surface area (Å²) in [6.45, 7) is 6.18. The Kier molecular flexibility index (Phi) is 5.03. The summed E-state index contributed by atoms with van der Waals surface area (Å²) in [5.41, 5.74) is 2.80. The van der Waals surface area contributed by atoms with Gasteiger partial charge in [0.25, 0.3) is 0 Å². The first-order chi connectivity index (χ1) is 8.74. The standard InChI is InChI=1S/C11H15N5S2/c1-8(2)3-12-4-9-5-13-10(14-6-9)18-11-16-15-7-17-11/h5-8,12H,3-4H2,1-2H3. The van der Waals surface area contributed by atoms with Crippen molar-refractivity contribution in [1.82, 2.24) is 25.5 Å². The van der Waals surface area contributed by atoms with E-state index in [1.165, 1.54) is 23.1 Å². The van der Waals surface area contributed by atoms with Crippen LogP contribution in [0.4, 0.5) is 0 Å². The molecule has 0 aliphatic carbocycles. The molecular weight excluding hydrogens is 266 g/mol. The molecule has 0 unspecified atom stereocenters. The van der Waals surface area contributed by atoms with E-state index in [2.05, 4.69) is 39.3 Å². The summed E-state index contributed by atoms with van der Waals surface area (Å²) in [6, 6.07) is 0. The smallest absolute Gasteiger partial charge is 0.194 e. The minimum Gasteiger partial charge on any atom is -0.312 e. The van der Waals surface area contributed by atoms with Crippen molar-refractivity contribution in [2.24, 2.45) is 5.92 Å². The molecule has 2 heterocycles. The van der Waals surface area contributed by atoms with Crippen LogP contribution in [-0.2, 0) is 6.54 Å². The summed E-state index contributed by atoms with van der Waals surface area (Å²) in [4.78, 5) is 8.60. The molecule has 0 fully saturated rings. The van der Waals surface area contributed by atoms with Crippen LogP contribution >= 0.6 is 23.1 Å². The maximum Gasteiger partial charge on any atom is 0.194 e. The Morgan fingerprint density at radius 3 is 2.72 bits per heavy atom. The molecule has 2 aromatic heterocycles. The molecule has 0 saturated heterocycles. The third-order valence-electron chi connectivity index (χ3n) is 2.08. The number of nitrogens with zero attached hydrogens (tertiary/aromatic N) is 4. The van der Waals surface area contributed by atoms with E-state index in [1.807, 2.05) is 12.4 Å². The Morgan fingerprint density at radius 1 is 1.33 bits per heavy atom. The van der Waals surface area contributed by atoms with E-state index >= 15 is 0 Å². The highest BCUT2D eigenvalue weighted by atomic mass is 32.2. The van der Waals surface area contributed by atoms with E-state index in [1.54, 1.807) is 5.51 Å². The van der Waals surface area contributed by atoms with Gasteiger partial charge in [-0.3, -0.25) is 0 Å². The lowest BCUT2D eigenvalue weighted by molar-refractivity contribution is 0.550. The van der Waals surface area contributed by atoms with Crippen molar-refractivity contribution in [2.45, 2.75) is 29.9 Å². The molecule has 0 aromatic carbocycles. The topological polar surface area (TPSA) is 63.6 Å². The summed E-state index contributed by atoms with van der Waals surface area (Å²) < 4.78 is 0.862. The number of aromatic nitrogens is 4. The van der Waals surface area contributed by atoms with Crippen LogP contribution < -0.4 is 5.32 Å². The van der Waals surface area contributed by atoms with Crippen LogP contribution in [0.3, 0.4) is 0 Å². The van der Waals surface area contributed by atoms with Gasteiger partial charge in [0.2, 0.25) is 0 Å². The minimum atomic E-state index is 0.651. The lowest BCUT2D eigenvalue weighted by Crippen LogP contribution is -2.19. The number of nitrogens with one attached hydrogen (secondary N) is 1. The fourth-order valence-electron chi connectivity index (χ4n) is 1.28. The molecule has 2 aromatic rings. The van der Waals surface area contributed by atoms with Gasteiger partial charge in [0.1, 0.15) is 5.51 Å². The number of hydrogen-bond donors (Lipinski definition) is 1. The van der Waals surface area contributed by atoms with Gasteiger partial charge in [-0.15, -0.1) is 10.2 Å². The van der Waals surface area contributed by atoms with Gasteiger partial charge in [-0.2, -0.15) is 0 Å². The van der Waals surface area contributed by atoms with Crippen molar-refractivity contribution < 1.29 is 0 Å². The first kappa shape index (κ1) is 13.4. The highest BCUT2D eigenvalue weighted by Crippen LogP contribution is 2.24. The molecule has 2 rings (SSSR count). The van der Waals surface area contributed by atoms with Gasteiger partial charge in [0, 0.05) is 24.5 Å². The van der Waals surface area contributed by atoms with Gasteiger partial charge in [0.05, 0.1) is 0 Å². The Morgan fingerprint density at radius 2 is 2.11 bits per heavy atom. The van der Waals surface area contributed by atoms with Gasteiger partial charge in [0.15, 0.2) is 9.50 Å². The van der Waals surface area contributed by atoms with Crippen LogP contribution in [0.15, 0.2) is 27.4 Å². The summed E-state index contributed by atoms with van der Waals surface area (Å²) in [6.07, 6.45) is 3.70. The average molecular weight is 281 g/mol. The third kappa shape index (κ3) is 4.32. The summed E-state index contributed by atoms with van der Waals surface area (Å²) >= 11 is 2.92. The van der Waals surface area contributed by atoms with Gasteiger partial charge in [-0.25, -0.2) is 9.97 Å². The first-order valence-corrected chi connectivity index (χ1v) is 7.39. The van der Waals surface area contributed by atoms with Crippen molar-refractivity contribution in [2.75, 3.05) is 6.54 Å². The Balaban J connectivity index is 1.85. The normalized spacial score (nSPS) is 11.1. The van der Waals surface area contributed by atoms with E-state index in [9.17, 15) is 0 Å². The van der Waals surface area contributed by atoms with Crippen LogP contribution in [0.25, 0.3) is 0 Å². The zero-order valence-electron chi connectivity index (χ0n) is 10.3. The quantitative estimate of drug-likeness (QED) is 0.819. The van der Waals surface area contributed by atoms with E-state index in [0.29, 0.717) is 11.1 Å². The zero-order valence-corrected chi connectivity index (χ0v) is 12.0. The summed E-state index contributed by atoms with van der Waals surface area (Å²) in [7, 11) is 0. The molecular formula is C11H15N5S2. The van der Waals surface area contributed by atoms with Gasteiger partial charge >= 0.3 is 0 Å². The first-order valence-electron chi connectivity index (χ1n) is 5.69. The highest BCUT2D eigenvalue weighted by Gasteiger charge is 2.03. The average Bonchev–Trinajstić information content (AvgIpc) is 2.84. The predicted molar refractivity (Wildman–Crippen MR) is 72.6 cm³/mol. The molecule has 0 spiro atoms. The van der Waals surface area contributed by atoms with Crippen molar-refractivity contribution in [3.63, 3.8) is 0 Å². The van der Waals surface area contributed by atoms with E-state index in [4.69, 9.17) is 0 Å². The second-order valence-corrected chi connectivity index (χ2v) is 6.25. The highest BCUT2D eigenvalue weighted by molar-refractivity contribution is 8.00. The van der Waals surface area contributed by atoms with Crippen molar-refractivity contribution in [3.05, 3.63) is 23.5 Å². The number of hydrogen-bond acceptors (Lipinski definition) is 7. The maximum atomic E-state index is 4.30. The SMILES string of the molecule is CC(C)CNCc1cnc(Sc2nncs2)nc1. The molecule has 0 bridgehead atoms. The molecule has 18 heavy (non-hydrogen) atoms. The molecule has 0 aliphatic rings. The maximum absolute atomic E-state index is 4.30. The molecule has 0 radical (unpaired) electrons. The van der Waals surface area contributed by atoms with Crippen molar-refractivity contribution in [3.8, 4) is 0 Å². The second kappa shape index (κ2) is 6.77. The van der Waals surface area contributed by atoms with Crippen molar-refractivity contribution in [1.29, 1.82) is 0 Å². The molecule has 1 N–H and O–H groups in total. The largest absolute Gasteiger partial charge is 0.312 e. The van der Waals surface area contributed by atoms with Crippen LogP contribution in [-0.4, -0.2) is 26.7 Å². The summed E-state index contributed by atoms with van der Waals surface area (Å²) in [5, 5.41) is 11.8. The molecule has 5 nitrogen and oxygen atoms in total. The zero-order chi connectivity index (χ0) is 12.8. The van der Waals surface area contributed by atoms with Gasteiger partial charge < -0.3 is 5.32 Å². The van der Waals surface area contributed by atoms with Crippen LogP contribution in [0.2, 0.25) is 0 Å². The van der Waals surface area contributed by atoms with Crippen LogP contribution in [0.5, 0.6) is 0 Å². The van der Waals surface area contributed by atoms with Crippen LogP contribution in [0.1, 0.15) is 19.4 Å². The van der Waals surface area contributed by atoms with E-state index < -0.39 is 0 Å². The second-order valence-electron chi connectivity index (χ2n) is 4.21. The Bertz CT molecular complexity index is 455. The van der Waals surface area contributed by atoms with Gasteiger partial charge in [-0.05, 0) is 24.2 Å². The van der Waals surface area contributed by atoms with E-state index in [0.717, 1.165) is 23.0 Å². The number of rotatable bonds is 6. The molecule has 96 valence electrons. The Hall–Kier alpha value is -1.05. The molecule has 7 heteroatoms. The third-order valence-corrected chi connectivity index (χ3v) is 3.75.